The molecule has 1 fully saturated rings. The number of halogens is 1. The third kappa shape index (κ3) is 3.42. The summed E-state index contributed by atoms with van der Waals surface area (Å²) in [5.74, 6) is 0.900. The summed E-state index contributed by atoms with van der Waals surface area (Å²) in [7, 11) is 0. The number of aromatic nitrogens is 2. The topological polar surface area (TPSA) is 66.9 Å². The summed E-state index contributed by atoms with van der Waals surface area (Å²) in [6, 6.07) is 8.82. The van der Waals surface area contributed by atoms with Gasteiger partial charge in [-0.15, -0.1) is 0 Å². The van der Waals surface area contributed by atoms with Gasteiger partial charge in [-0.1, -0.05) is 23.7 Å². The molecular weight excluding hydrogens is 302 g/mol. The monoisotopic (exact) mass is 319 g/mol. The van der Waals surface area contributed by atoms with Crippen molar-refractivity contribution < 1.29 is 0 Å². The average molecular weight is 320 g/mol. The number of hydrogen-bond donors (Lipinski definition) is 2. The van der Waals surface area contributed by atoms with E-state index < -0.39 is 0 Å². The fraction of sp³-hybridized carbons (Fsp3) is 0.375. The van der Waals surface area contributed by atoms with Crippen LogP contribution >= 0.6 is 11.6 Å². The molecule has 1 aromatic heterocycles. The molecule has 1 saturated carbocycles. The molecule has 0 amide bonds. The minimum Gasteiger partial charge on any atom is -0.365 e. The van der Waals surface area contributed by atoms with Gasteiger partial charge in [0.25, 0.3) is 5.56 Å². The van der Waals surface area contributed by atoms with Crippen molar-refractivity contribution in [3.63, 3.8) is 0 Å². The number of nitrogens with one attached hydrogen (secondary N) is 2. The number of anilines is 1. The predicted molar refractivity (Wildman–Crippen MR) is 87.5 cm³/mol. The third-order valence-electron chi connectivity index (χ3n) is 3.88. The molecule has 5 nitrogen and oxygen atoms in total. The van der Waals surface area contributed by atoms with Crippen LogP contribution in [0, 0.1) is 5.92 Å². The van der Waals surface area contributed by atoms with Crippen LogP contribution in [0.5, 0.6) is 0 Å². The normalized spacial score (nSPS) is 15.5. The van der Waals surface area contributed by atoms with Crippen LogP contribution in [0.4, 0.5) is 5.82 Å². The van der Waals surface area contributed by atoms with Crippen LogP contribution in [0.25, 0.3) is 0 Å². The molecule has 0 spiro atoms. The minimum atomic E-state index is -0.361. The Labute approximate surface area is 132 Å². The molecule has 1 atom stereocenters. The van der Waals surface area contributed by atoms with Crippen molar-refractivity contribution in [1.29, 1.82) is 0 Å². The maximum atomic E-state index is 12.1. The Balaban J connectivity index is 1.80. The number of hydrogen-bond acceptors (Lipinski definition) is 3. The van der Waals surface area contributed by atoms with Crippen LogP contribution in [-0.2, 0) is 6.54 Å². The smallest absolute Gasteiger partial charge is 0.329 e. The lowest BCUT2D eigenvalue weighted by Crippen LogP contribution is -2.35. The Hall–Kier alpha value is -2.01. The molecule has 1 aliphatic rings. The van der Waals surface area contributed by atoms with Crippen LogP contribution in [0.2, 0.25) is 5.02 Å². The van der Waals surface area contributed by atoms with Gasteiger partial charge in [-0.05, 0) is 43.4 Å². The SMILES string of the molecule is C[C@H](Nc1cc(=O)n(CC2CC2)c(=O)[nH]1)c1cccc(Cl)c1. The molecule has 0 saturated heterocycles. The summed E-state index contributed by atoms with van der Waals surface area (Å²) < 4.78 is 1.27. The summed E-state index contributed by atoms with van der Waals surface area (Å²) in [6.07, 6.45) is 2.19. The molecule has 0 unspecified atom stereocenters. The predicted octanol–water partition coefficient (Wildman–Crippen LogP) is 2.77. The molecule has 1 aromatic carbocycles. The molecule has 116 valence electrons. The van der Waals surface area contributed by atoms with Crippen LogP contribution in [-0.4, -0.2) is 9.55 Å². The summed E-state index contributed by atoms with van der Waals surface area (Å²) in [5.41, 5.74) is 0.354. The van der Waals surface area contributed by atoms with E-state index in [-0.39, 0.29) is 17.3 Å². The van der Waals surface area contributed by atoms with E-state index in [9.17, 15) is 9.59 Å². The zero-order valence-electron chi connectivity index (χ0n) is 12.3. The van der Waals surface area contributed by atoms with Crippen molar-refractivity contribution in [2.45, 2.75) is 32.4 Å². The molecular formula is C16H18ClN3O2. The van der Waals surface area contributed by atoms with Gasteiger partial charge in [-0.25, -0.2) is 4.79 Å². The van der Waals surface area contributed by atoms with Gasteiger partial charge in [0.15, 0.2) is 0 Å². The summed E-state index contributed by atoms with van der Waals surface area (Å²) in [5, 5.41) is 3.79. The number of aromatic amines is 1. The Morgan fingerprint density at radius 2 is 2.14 bits per heavy atom. The number of benzene rings is 1. The maximum Gasteiger partial charge on any atom is 0.329 e. The second-order valence-corrected chi connectivity index (χ2v) is 6.24. The summed E-state index contributed by atoms with van der Waals surface area (Å²) in [6.45, 7) is 2.46. The van der Waals surface area contributed by atoms with E-state index in [1.807, 2.05) is 25.1 Å². The van der Waals surface area contributed by atoms with Gasteiger partial charge >= 0.3 is 5.69 Å². The third-order valence-corrected chi connectivity index (χ3v) is 4.11. The average Bonchev–Trinajstić information content (AvgIpc) is 3.27. The first kappa shape index (κ1) is 14.9. The highest BCUT2D eigenvalue weighted by atomic mass is 35.5. The Morgan fingerprint density at radius 3 is 2.77 bits per heavy atom. The van der Waals surface area contributed by atoms with Gasteiger partial charge in [0, 0.05) is 23.7 Å². The van der Waals surface area contributed by atoms with Gasteiger partial charge in [0.05, 0.1) is 0 Å². The van der Waals surface area contributed by atoms with Crippen LogP contribution in [0.1, 0.15) is 31.4 Å². The van der Waals surface area contributed by atoms with Crippen molar-refractivity contribution in [2.75, 3.05) is 5.32 Å². The number of H-pyrrole nitrogens is 1. The van der Waals surface area contributed by atoms with E-state index in [1.165, 1.54) is 10.6 Å². The fourth-order valence-electron chi connectivity index (χ4n) is 2.42. The lowest BCUT2D eigenvalue weighted by Gasteiger charge is -2.16. The Morgan fingerprint density at radius 1 is 1.36 bits per heavy atom. The first-order valence-electron chi connectivity index (χ1n) is 7.39. The van der Waals surface area contributed by atoms with E-state index in [0.29, 0.717) is 23.3 Å². The largest absolute Gasteiger partial charge is 0.365 e. The van der Waals surface area contributed by atoms with Gasteiger partial charge in [0.1, 0.15) is 5.82 Å². The highest BCUT2D eigenvalue weighted by molar-refractivity contribution is 6.30. The fourth-order valence-corrected chi connectivity index (χ4v) is 2.62. The molecule has 2 N–H and O–H groups in total. The Kier molecular flexibility index (Phi) is 4.07. The highest BCUT2D eigenvalue weighted by Crippen LogP contribution is 2.29. The number of rotatable bonds is 5. The molecule has 2 aromatic rings. The van der Waals surface area contributed by atoms with Gasteiger partial charge < -0.3 is 5.32 Å². The van der Waals surface area contributed by atoms with E-state index in [4.69, 9.17) is 11.6 Å². The van der Waals surface area contributed by atoms with Crippen LogP contribution < -0.4 is 16.6 Å². The van der Waals surface area contributed by atoms with Crippen molar-refractivity contribution >= 4 is 17.4 Å². The second kappa shape index (κ2) is 6.01. The lowest BCUT2D eigenvalue weighted by atomic mass is 10.1. The minimum absolute atomic E-state index is 0.0759. The molecule has 0 radical (unpaired) electrons. The Bertz CT molecular complexity index is 761. The molecule has 1 heterocycles. The van der Waals surface area contributed by atoms with Crippen molar-refractivity contribution in [3.05, 3.63) is 61.8 Å². The number of nitrogens with zero attached hydrogens (tertiary/aromatic N) is 1. The van der Waals surface area contributed by atoms with Crippen molar-refractivity contribution in [3.8, 4) is 0 Å². The van der Waals surface area contributed by atoms with Gasteiger partial charge in [0.2, 0.25) is 0 Å². The summed E-state index contributed by atoms with van der Waals surface area (Å²) >= 11 is 5.98. The maximum absolute atomic E-state index is 12.1. The lowest BCUT2D eigenvalue weighted by molar-refractivity contribution is 0.575. The van der Waals surface area contributed by atoms with Crippen LogP contribution in [0.3, 0.4) is 0 Å². The molecule has 0 bridgehead atoms. The van der Waals surface area contributed by atoms with Crippen LogP contribution in [0.15, 0.2) is 39.9 Å². The molecule has 1 aliphatic carbocycles. The van der Waals surface area contributed by atoms with Crippen molar-refractivity contribution in [2.24, 2.45) is 5.92 Å². The molecule has 3 rings (SSSR count). The molecule has 6 heteroatoms. The van der Waals surface area contributed by atoms with Gasteiger partial charge in [-0.2, -0.15) is 0 Å². The zero-order chi connectivity index (χ0) is 15.7. The van der Waals surface area contributed by atoms with E-state index >= 15 is 0 Å². The first-order valence-corrected chi connectivity index (χ1v) is 7.77. The zero-order valence-corrected chi connectivity index (χ0v) is 13.1. The quantitative estimate of drug-likeness (QED) is 0.890. The first-order chi connectivity index (χ1) is 10.5. The van der Waals surface area contributed by atoms with E-state index in [2.05, 4.69) is 10.3 Å². The molecule has 0 aliphatic heterocycles. The van der Waals surface area contributed by atoms with Gasteiger partial charge in [-0.3, -0.25) is 14.3 Å². The molecule has 22 heavy (non-hydrogen) atoms. The standard InChI is InChI=1S/C16H18ClN3O2/c1-10(12-3-2-4-13(17)7-12)18-14-8-15(21)20(16(22)19-14)9-11-5-6-11/h2-4,7-8,10-11,18H,5-6,9H2,1H3,(H,19,22)/t10-/m0/s1. The highest BCUT2D eigenvalue weighted by Gasteiger charge is 2.23. The van der Waals surface area contributed by atoms with E-state index in [1.54, 1.807) is 6.07 Å². The van der Waals surface area contributed by atoms with E-state index in [0.717, 1.165) is 18.4 Å². The summed E-state index contributed by atoms with van der Waals surface area (Å²) in [4.78, 5) is 26.8. The second-order valence-electron chi connectivity index (χ2n) is 5.80. The van der Waals surface area contributed by atoms with Crippen molar-refractivity contribution in [1.82, 2.24) is 9.55 Å².